The predicted octanol–water partition coefficient (Wildman–Crippen LogP) is 2.53. The highest BCUT2D eigenvalue weighted by atomic mass is 16.5. The summed E-state index contributed by atoms with van der Waals surface area (Å²) in [6.45, 7) is 12.9. The van der Waals surface area contributed by atoms with Crippen LogP contribution < -0.4 is 5.32 Å². The van der Waals surface area contributed by atoms with Crippen molar-refractivity contribution in [2.45, 2.75) is 65.5 Å². The molecule has 2 unspecified atom stereocenters. The van der Waals surface area contributed by atoms with Crippen LogP contribution in [-0.4, -0.2) is 50.6 Å². The molecule has 1 N–H and O–H groups in total. The van der Waals surface area contributed by atoms with Crippen LogP contribution in [0.15, 0.2) is 0 Å². The first-order valence-corrected chi connectivity index (χ1v) is 8.11. The van der Waals surface area contributed by atoms with Crippen LogP contribution in [0.5, 0.6) is 0 Å². The van der Waals surface area contributed by atoms with E-state index in [1.807, 2.05) is 20.8 Å². The van der Waals surface area contributed by atoms with E-state index >= 15 is 0 Å². The second kappa shape index (κ2) is 12.0. The smallest absolute Gasteiger partial charge is 0.326 e. The van der Waals surface area contributed by atoms with Crippen molar-refractivity contribution in [2.24, 2.45) is 0 Å². The lowest BCUT2D eigenvalue weighted by Gasteiger charge is -2.31. The SMILES string of the molecule is CCCNC(C)(CC(C)OCCOCCC)C(=O)OCC. The Morgan fingerprint density at radius 2 is 1.86 bits per heavy atom. The Labute approximate surface area is 129 Å². The predicted molar refractivity (Wildman–Crippen MR) is 84.5 cm³/mol. The number of hydrogen-bond donors (Lipinski definition) is 1. The number of esters is 1. The third-order valence-electron chi connectivity index (χ3n) is 3.17. The average molecular weight is 303 g/mol. The summed E-state index contributed by atoms with van der Waals surface area (Å²) in [4.78, 5) is 12.2. The summed E-state index contributed by atoms with van der Waals surface area (Å²) in [7, 11) is 0. The van der Waals surface area contributed by atoms with Gasteiger partial charge in [-0.1, -0.05) is 13.8 Å². The largest absolute Gasteiger partial charge is 0.465 e. The highest BCUT2D eigenvalue weighted by Gasteiger charge is 2.35. The fraction of sp³-hybridized carbons (Fsp3) is 0.938. The fourth-order valence-electron chi connectivity index (χ4n) is 2.11. The molecule has 0 aliphatic rings. The van der Waals surface area contributed by atoms with Crippen LogP contribution in [0.1, 0.15) is 53.9 Å². The Bertz CT molecular complexity index is 273. The maximum Gasteiger partial charge on any atom is 0.326 e. The molecule has 0 rings (SSSR count). The summed E-state index contributed by atoms with van der Waals surface area (Å²) in [5.41, 5.74) is -0.699. The van der Waals surface area contributed by atoms with Crippen molar-refractivity contribution in [1.82, 2.24) is 5.32 Å². The molecule has 0 spiro atoms. The molecule has 0 amide bonds. The molecule has 0 radical (unpaired) electrons. The van der Waals surface area contributed by atoms with E-state index in [-0.39, 0.29) is 12.1 Å². The topological polar surface area (TPSA) is 56.8 Å². The van der Waals surface area contributed by atoms with Gasteiger partial charge in [0.15, 0.2) is 0 Å². The summed E-state index contributed by atoms with van der Waals surface area (Å²) in [6, 6.07) is 0. The highest BCUT2D eigenvalue weighted by molar-refractivity contribution is 5.80. The maximum absolute atomic E-state index is 12.2. The Kier molecular flexibility index (Phi) is 11.6. The van der Waals surface area contributed by atoms with Crippen LogP contribution >= 0.6 is 0 Å². The molecule has 0 saturated carbocycles. The standard InChI is InChI=1S/C16H33NO4/c1-6-9-17-16(5,15(18)20-8-3)13-14(4)21-12-11-19-10-7-2/h14,17H,6-13H2,1-5H3. The molecule has 0 bridgehead atoms. The maximum atomic E-state index is 12.2. The third-order valence-corrected chi connectivity index (χ3v) is 3.17. The van der Waals surface area contributed by atoms with E-state index in [4.69, 9.17) is 14.2 Å². The molecule has 0 heterocycles. The molecule has 0 aromatic heterocycles. The second-order valence-corrected chi connectivity index (χ2v) is 5.48. The summed E-state index contributed by atoms with van der Waals surface area (Å²) in [5, 5.41) is 3.29. The van der Waals surface area contributed by atoms with Gasteiger partial charge in [0, 0.05) is 13.0 Å². The van der Waals surface area contributed by atoms with Crippen molar-refractivity contribution in [2.75, 3.05) is 33.0 Å². The van der Waals surface area contributed by atoms with Crippen molar-refractivity contribution >= 4 is 5.97 Å². The molecule has 0 aromatic carbocycles. The van der Waals surface area contributed by atoms with Gasteiger partial charge < -0.3 is 19.5 Å². The zero-order valence-electron chi connectivity index (χ0n) is 14.4. The molecule has 0 aromatic rings. The molecule has 0 aliphatic heterocycles. The van der Waals surface area contributed by atoms with Crippen LogP contribution in [0.4, 0.5) is 0 Å². The van der Waals surface area contributed by atoms with Gasteiger partial charge in [0.1, 0.15) is 5.54 Å². The van der Waals surface area contributed by atoms with Crippen molar-refractivity contribution in [3.8, 4) is 0 Å². The van der Waals surface area contributed by atoms with E-state index in [0.29, 0.717) is 26.2 Å². The molecule has 21 heavy (non-hydrogen) atoms. The lowest BCUT2D eigenvalue weighted by Crippen LogP contribution is -2.52. The van der Waals surface area contributed by atoms with Crippen molar-refractivity contribution in [1.29, 1.82) is 0 Å². The van der Waals surface area contributed by atoms with E-state index in [0.717, 1.165) is 26.0 Å². The fourth-order valence-corrected chi connectivity index (χ4v) is 2.11. The molecular weight excluding hydrogens is 270 g/mol. The van der Waals surface area contributed by atoms with Crippen LogP contribution in [0.25, 0.3) is 0 Å². The average Bonchev–Trinajstić information content (AvgIpc) is 2.45. The van der Waals surface area contributed by atoms with E-state index in [1.165, 1.54) is 0 Å². The van der Waals surface area contributed by atoms with E-state index in [2.05, 4.69) is 19.2 Å². The Balaban J connectivity index is 4.27. The minimum atomic E-state index is -0.699. The zero-order chi connectivity index (χ0) is 16.1. The van der Waals surface area contributed by atoms with Gasteiger partial charge in [-0.3, -0.25) is 4.79 Å². The molecule has 2 atom stereocenters. The molecular formula is C16H33NO4. The first-order chi connectivity index (χ1) is 10.00. The third kappa shape index (κ3) is 9.06. The van der Waals surface area contributed by atoms with Gasteiger partial charge in [0.2, 0.25) is 0 Å². The van der Waals surface area contributed by atoms with Gasteiger partial charge in [-0.25, -0.2) is 0 Å². The van der Waals surface area contributed by atoms with Crippen LogP contribution in [-0.2, 0) is 19.0 Å². The number of carbonyl (C=O) groups excluding carboxylic acids is 1. The minimum Gasteiger partial charge on any atom is -0.465 e. The van der Waals surface area contributed by atoms with Crippen LogP contribution in [0, 0.1) is 0 Å². The number of carbonyl (C=O) groups is 1. The van der Waals surface area contributed by atoms with E-state index in [1.54, 1.807) is 0 Å². The summed E-state index contributed by atoms with van der Waals surface area (Å²) in [6.07, 6.45) is 2.53. The second-order valence-electron chi connectivity index (χ2n) is 5.48. The number of rotatable bonds is 13. The Morgan fingerprint density at radius 3 is 2.43 bits per heavy atom. The number of hydrogen-bond acceptors (Lipinski definition) is 5. The van der Waals surface area contributed by atoms with Crippen molar-refractivity contribution < 1.29 is 19.0 Å². The highest BCUT2D eigenvalue weighted by Crippen LogP contribution is 2.17. The zero-order valence-corrected chi connectivity index (χ0v) is 14.4. The molecule has 5 heteroatoms. The lowest BCUT2D eigenvalue weighted by atomic mass is 9.94. The molecule has 0 fully saturated rings. The first-order valence-electron chi connectivity index (χ1n) is 8.11. The first kappa shape index (κ1) is 20.3. The quantitative estimate of drug-likeness (QED) is 0.418. The summed E-state index contributed by atoms with van der Waals surface area (Å²) in [5.74, 6) is -0.212. The van der Waals surface area contributed by atoms with Crippen LogP contribution in [0.2, 0.25) is 0 Å². The number of ether oxygens (including phenoxy) is 3. The van der Waals surface area contributed by atoms with Gasteiger partial charge in [-0.2, -0.15) is 0 Å². The molecule has 5 nitrogen and oxygen atoms in total. The number of nitrogens with one attached hydrogen (secondary N) is 1. The summed E-state index contributed by atoms with van der Waals surface area (Å²) >= 11 is 0. The minimum absolute atomic E-state index is 0.0333. The van der Waals surface area contributed by atoms with Crippen molar-refractivity contribution in [3.05, 3.63) is 0 Å². The molecule has 0 saturated heterocycles. The van der Waals surface area contributed by atoms with E-state index < -0.39 is 5.54 Å². The Hall–Kier alpha value is -0.650. The van der Waals surface area contributed by atoms with Gasteiger partial charge in [0.25, 0.3) is 0 Å². The monoisotopic (exact) mass is 303 g/mol. The lowest BCUT2D eigenvalue weighted by molar-refractivity contribution is -0.152. The Morgan fingerprint density at radius 1 is 1.14 bits per heavy atom. The van der Waals surface area contributed by atoms with Gasteiger partial charge in [-0.05, 0) is 40.2 Å². The van der Waals surface area contributed by atoms with Gasteiger partial charge >= 0.3 is 5.97 Å². The van der Waals surface area contributed by atoms with Gasteiger partial charge in [0.05, 0.1) is 25.9 Å². The van der Waals surface area contributed by atoms with Crippen molar-refractivity contribution in [3.63, 3.8) is 0 Å². The van der Waals surface area contributed by atoms with Gasteiger partial charge in [-0.15, -0.1) is 0 Å². The molecule has 0 aliphatic carbocycles. The van der Waals surface area contributed by atoms with E-state index in [9.17, 15) is 4.79 Å². The molecule has 126 valence electrons. The van der Waals surface area contributed by atoms with Crippen LogP contribution in [0.3, 0.4) is 0 Å². The summed E-state index contributed by atoms with van der Waals surface area (Å²) < 4.78 is 16.3. The normalized spacial score (nSPS) is 15.5.